The van der Waals surface area contributed by atoms with Crippen LogP contribution in [0.2, 0.25) is 0 Å². The molecule has 3 aromatic rings. The van der Waals surface area contributed by atoms with Crippen LogP contribution in [-0.4, -0.2) is 37.9 Å². The number of amides is 1. The fraction of sp³-hybridized carbons (Fsp3) is 0.240. The van der Waals surface area contributed by atoms with Crippen LogP contribution in [0.4, 0.5) is 15.9 Å². The summed E-state index contributed by atoms with van der Waals surface area (Å²) in [5, 5.41) is 7.37. The van der Waals surface area contributed by atoms with Gasteiger partial charge in [0.1, 0.15) is 17.2 Å². The first kappa shape index (κ1) is 23.0. The van der Waals surface area contributed by atoms with Crippen molar-refractivity contribution in [1.82, 2.24) is 19.7 Å². The smallest absolute Gasteiger partial charge is 0.233 e. The van der Waals surface area contributed by atoms with Crippen molar-refractivity contribution in [3.8, 4) is 11.5 Å². The number of carbonyl (C=O) groups excluding carboxylic acids is 1. The van der Waals surface area contributed by atoms with Gasteiger partial charge >= 0.3 is 0 Å². The van der Waals surface area contributed by atoms with Gasteiger partial charge in [-0.3, -0.25) is 14.5 Å². The number of nitrogens with zero attached hydrogens (tertiary/aromatic N) is 5. The lowest BCUT2D eigenvalue weighted by Crippen LogP contribution is -2.29. The topological polar surface area (TPSA) is 111 Å². The average molecular weight is 460 g/mol. The highest BCUT2D eigenvalue weighted by molar-refractivity contribution is 6.01. The van der Waals surface area contributed by atoms with Crippen molar-refractivity contribution < 1.29 is 9.18 Å². The van der Waals surface area contributed by atoms with Gasteiger partial charge in [0.05, 0.1) is 36.1 Å². The summed E-state index contributed by atoms with van der Waals surface area (Å²) in [5.41, 5.74) is 8.23. The highest BCUT2D eigenvalue weighted by Crippen LogP contribution is 2.25. The summed E-state index contributed by atoms with van der Waals surface area (Å²) >= 11 is 0. The number of benzene rings is 1. The van der Waals surface area contributed by atoms with E-state index >= 15 is 0 Å². The van der Waals surface area contributed by atoms with Crippen LogP contribution in [0.5, 0.6) is 0 Å². The second-order valence-electron chi connectivity index (χ2n) is 8.50. The molecule has 0 unspecified atom stereocenters. The number of dihydropyridines is 1. The number of aliphatic imine (C=N–C) groups is 1. The van der Waals surface area contributed by atoms with Gasteiger partial charge < -0.3 is 11.1 Å². The van der Waals surface area contributed by atoms with Crippen LogP contribution in [0, 0.1) is 11.2 Å². The number of rotatable bonds is 7. The summed E-state index contributed by atoms with van der Waals surface area (Å²) in [4.78, 5) is 25.7. The van der Waals surface area contributed by atoms with E-state index in [1.54, 1.807) is 42.8 Å². The van der Waals surface area contributed by atoms with E-state index in [1.165, 1.54) is 12.3 Å². The Bertz CT molecular complexity index is 1310. The standard InChI is InChI=1S/C25H26FN7O/c1-4-25(2,3)24(34)30-20-14-29-23(31-22(20)27)19-13-21(18-11-7-8-12-28-18)33(32-19)15-16-9-5-6-10-17(16)26/h4-10,13-14H,1,11-12,15H2,2-3H3,(H,30,34)(H2,27,29,31). The van der Waals surface area contributed by atoms with E-state index in [2.05, 4.69) is 32.0 Å². The third-order valence-corrected chi connectivity index (χ3v) is 5.61. The zero-order chi connectivity index (χ0) is 24.3. The van der Waals surface area contributed by atoms with Gasteiger partial charge in [-0.05, 0) is 26.0 Å². The molecular weight excluding hydrogens is 433 g/mol. The molecule has 0 spiro atoms. The number of carbonyl (C=O) groups is 1. The number of hydrogen-bond donors (Lipinski definition) is 2. The van der Waals surface area contributed by atoms with E-state index in [0.29, 0.717) is 35.7 Å². The quantitative estimate of drug-likeness (QED) is 0.519. The predicted octanol–water partition coefficient (Wildman–Crippen LogP) is 4.01. The lowest BCUT2D eigenvalue weighted by molar-refractivity contribution is -0.121. The number of nitrogens with one attached hydrogen (secondary N) is 1. The van der Waals surface area contributed by atoms with E-state index in [-0.39, 0.29) is 24.1 Å². The first-order valence-corrected chi connectivity index (χ1v) is 10.9. The third kappa shape index (κ3) is 4.78. The van der Waals surface area contributed by atoms with Crippen molar-refractivity contribution in [1.29, 1.82) is 0 Å². The van der Waals surface area contributed by atoms with Gasteiger partial charge in [-0.25, -0.2) is 14.4 Å². The number of hydrogen-bond acceptors (Lipinski definition) is 6. The fourth-order valence-corrected chi connectivity index (χ4v) is 3.34. The minimum Gasteiger partial charge on any atom is -0.382 e. The monoisotopic (exact) mass is 459 g/mol. The SMILES string of the molecule is C=CC(C)(C)C(=O)Nc1cnc(-c2cc(C3=NCC=CC3)n(Cc3ccccc3F)n2)nc1N. The zero-order valence-electron chi connectivity index (χ0n) is 19.1. The number of anilines is 2. The van der Waals surface area contributed by atoms with Crippen LogP contribution < -0.4 is 11.1 Å². The molecule has 0 saturated carbocycles. The van der Waals surface area contributed by atoms with Gasteiger partial charge in [0.15, 0.2) is 11.6 Å². The fourth-order valence-electron chi connectivity index (χ4n) is 3.34. The van der Waals surface area contributed by atoms with Gasteiger partial charge in [0.2, 0.25) is 5.91 Å². The number of halogens is 1. The second-order valence-corrected chi connectivity index (χ2v) is 8.50. The van der Waals surface area contributed by atoms with E-state index in [9.17, 15) is 9.18 Å². The van der Waals surface area contributed by atoms with Crippen molar-refractivity contribution in [3.63, 3.8) is 0 Å². The van der Waals surface area contributed by atoms with Crippen molar-refractivity contribution in [3.05, 3.63) is 78.4 Å². The third-order valence-electron chi connectivity index (χ3n) is 5.61. The van der Waals surface area contributed by atoms with Crippen LogP contribution in [-0.2, 0) is 11.3 Å². The molecule has 3 heterocycles. The maximum absolute atomic E-state index is 14.3. The Morgan fingerprint density at radius 2 is 2.12 bits per heavy atom. The summed E-state index contributed by atoms with van der Waals surface area (Å²) in [6.45, 7) is 7.98. The molecule has 174 valence electrons. The number of aromatic nitrogens is 4. The van der Waals surface area contributed by atoms with Gasteiger partial charge in [-0.1, -0.05) is 36.4 Å². The molecule has 0 bridgehead atoms. The molecule has 3 N–H and O–H groups in total. The molecule has 1 aliphatic heterocycles. The largest absolute Gasteiger partial charge is 0.382 e. The van der Waals surface area contributed by atoms with Gasteiger partial charge in [-0.15, -0.1) is 6.58 Å². The van der Waals surface area contributed by atoms with Gasteiger partial charge in [-0.2, -0.15) is 5.10 Å². The summed E-state index contributed by atoms with van der Waals surface area (Å²) in [6, 6.07) is 8.41. The second kappa shape index (κ2) is 9.38. The van der Waals surface area contributed by atoms with Crippen LogP contribution in [0.15, 0.2) is 66.3 Å². The molecule has 0 radical (unpaired) electrons. The maximum Gasteiger partial charge on any atom is 0.233 e. The molecule has 1 aromatic carbocycles. The summed E-state index contributed by atoms with van der Waals surface area (Å²) < 4.78 is 16.0. The van der Waals surface area contributed by atoms with Gasteiger partial charge in [0.25, 0.3) is 0 Å². The summed E-state index contributed by atoms with van der Waals surface area (Å²) in [7, 11) is 0. The Balaban J connectivity index is 1.67. The molecule has 0 saturated heterocycles. The lowest BCUT2D eigenvalue weighted by Gasteiger charge is -2.19. The highest BCUT2D eigenvalue weighted by Gasteiger charge is 2.25. The molecule has 0 aliphatic carbocycles. The van der Waals surface area contributed by atoms with Crippen LogP contribution in [0.3, 0.4) is 0 Å². The minimum absolute atomic E-state index is 0.112. The maximum atomic E-state index is 14.3. The molecule has 2 aromatic heterocycles. The van der Waals surface area contributed by atoms with E-state index < -0.39 is 5.41 Å². The Morgan fingerprint density at radius 1 is 1.32 bits per heavy atom. The Morgan fingerprint density at radius 3 is 2.79 bits per heavy atom. The molecule has 34 heavy (non-hydrogen) atoms. The molecule has 0 fully saturated rings. The Labute approximate surface area is 197 Å². The van der Waals surface area contributed by atoms with Crippen LogP contribution >= 0.6 is 0 Å². The van der Waals surface area contributed by atoms with Gasteiger partial charge in [0, 0.05) is 12.0 Å². The van der Waals surface area contributed by atoms with Crippen molar-refractivity contribution >= 4 is 23.1 Å². The highest BCUT2D eigenvalue weighted by atomic mass is 19.1. The normalized spacial score (nSPS) is 13.4. The Kier molecular flexibility index (Phi) is 6.36. The summed E-state index contributed by atoms with van der Waals surface area (Å²) in [5.74, 6) is -0.176. The first-order chi connectivity index (χ1) is 16.3. The van der Waals surface area contributed by atoms with Crippen molar-refractivity contribution in [2.45, 2.75) is 26.8 Å². The van der Waals surface area contributed by atoms with Crippen molar-refractivity contribution in [2.24, 2.45) is 10.4 Å². The number of nitrogen functional groups attached to an aromatic ring is 1. The van der Waals surface area contributed by atoms with E-state index in [1.807, 2.05) is 18.2 Å². The predicted molar refractivity (Wildman–Crippen MR) is 131 cm³/mol. The van der Waals surface area contributed by atoms with E-state index in [0.717, 1.165) is 11.4 Å². The molecular formula is C25H26FN7O. The molecule has 1 amide bonds. The van der Waals surface area contributed by atoms with Crippen LogP contribution in [0.1, 0.15) is 31.5 Å². The lowest BCUT2D eigenvalue weighted by atomic mass is 9.93. The Hall–Kier alpha value is -4.14. The molecule has 1 aliphatic rings. The van der Waals surface area contributed by atoms with Crippen molar-refractivity contribution in [2.75, 3.05) is 17.6 Å². The number of nitrogens with two attached hydrogens (primary N) is 1. The zero-order valence-corrected chi connectivity index (χ0v) is 19.1. The number of allylic oxidation sites excluding steroid dienone is 1. The minimum atomic E-state index is -0.777. The average Bonchev–Trinajstić information content (AvgIpc) is 3.26. The van der Waals surface area contributed by atoms with Crippen LogP contribution in [0.25, 0.3) is 11.5 Å². The molecule has 8 nitrogen and oxygen atoms in total. The summed E-state index contributed by atoms with van der Waals surface area (Å²) in [6.07, 6.45) is 7.69. The molecule has 0 atom stereocenters. The molecule has 9 heteroatoms. The first-order valence-electron chi connectivity index (χ1n) is 10.9. The van der Waals surface area contributed by atoms with E-state index in [4.69, 9.17) is 5.73 Å². The molecule has 4 rings (SSSR count).